The third-order valence-electron chi connectivity index (χ3n) is 2.94. The first-order valence-corrected chi connectivity index (χ1v) is 7.40. The number of hydrogen-bond donors (Lipinski definition) is 1. The molecule has 0 saturated carbocycles. The molecule has 2 rings (SSSR count). The summed E-state index contributed by atoms with van der Waals surface area (Å²) in [6.45, 7) is 4.93. The fraction of sp³-hybridized carbons (Fsp3) is 0.462. The number of thiophene rings is 1. The van der Waals surface area contributed by atoms with Crippen LogP contribution in [0.15, 0.2) is 17.6 Å². The molecule has 0 aliphatic rings. The molecule has 2 heterocycles. The van der Waals surface area contributed by atoms with Crippen molar-refractivity contribution >= 4 is 22.9 Å². The van der Waals surface area contributed by atoms with Crippen molar-refractivity contribution in [2.45, 2.75) is 39.3 Å². The molecule has 0 aliphatic carbocycles. The Labute approximate surface area is 116 Å². The molecule has 0 aliphatic heterocycles. The van der Waals surface area contributed by atoms with Gasteiger partial charge in [0.05, 0.1) is 16.9 Å². The number of aliphatic hydroxyl groups excluding tert-OH is 1. The van der Waals surface area contributed by atoms with Crippen molar-refractivity contribution in [3.05, 3.63) is 38.8 Å². The Hall–Kier alpha value is -0.840. The summed E-state index contributed by atoms with van der Waals surface area (Å²) in [6.07, 6.45) is 2.80. The van der Waals surface area contributed by atoms with Crippen LogP contribution in [-0.2, 0) is 13.0 Å². The van der Waals surface area contributed by atoms with Gasteiger partial charge in [-0.1, -0.05) is 25.4 Å². The van der Waals surface area contributed by atoms with Crippen LogP contribution in [0.3, 0.4) is 0 Å². The van der Waals surface area contributed by atoms with Gasteiger partial charge < -0.3 is 5.11 Å². The van der Waals surface area contributed by atoms with Gasteiger partial charge in [-0.2, -0.15) is 5.10 Å². The zero-order valence-corrected chi connectivity index (χ0v) is 12.1. The van der Waals surface area contributed by atoms with Gasteiger partial charge in [-0.15, -0.1) is 11.3 Å². The second kappa shape index (κ2) is 5.87. The van der Waals surface area contributed by atoms with E-state index in [2.05, 4.69) is 25.0 Å². The van der Waals surface area contributed by atoms with E-state index in [-0.39, 0.29) is 0 Å². The molecule has 0 spiro atoms. The van der Waals surface area contributed by atoms with Gasteiger partial charge in [-0.3, -0.25) is 4.68 Å². The van der Waals surface area contributed by atoms with E-state index in [0.29, 0.717) is 10.7 Å². The van der Waals surface area contributed by atoms with Crippen LogP contribution in [0.5, 0.6) is 0 Å². The van der Waals surface area contributed by atoms with Gasteiger partial charge in [0.2, 0.25) is 0 Å². The lowest BCUT2D eigenvalue weighted by Crippen LogP contribution is -2.10. The highest BCUT2D eigenvalue weighted by Gasteiger charge is 2.22. The van der Waals surface area contributed by atoms with Crippen LogP contribution >= 0.6 is 22.9 Å². The molecular formula is C13H17ClN2OS. The van der Waals surface area contributed by atoms with Gasteiger partial charge in [0.25, 0.3) is 0 Å². The lowest BCUT2D eigenvalue weighted by atomic mass is 10.1. The SMILES string of the molecule is CCCn1ncc(Cl)c1C(O)c1sccc1CC. The van der Waals surface area contributed by atoms with Crippen molar-refractivity contribution < 1.29 is 5.11 Å². The molecule has 0 saturated heterocycles. The molecule has 1 atom stereocenters. The van der Waals surface area contributed by atoms with Crippen molar-refractivity contribution in [3.8, 4) is 0 Å². The second-order valence-corrected chi connectivity index (χ2v) is 5.52. The third kappa shape index (κ3) is 2.46. The van der Waals surface area contributed by atoms with Crippen molar-refractivity contribution in [1.82, 2.24) is 9.78 Å². The number of aliphatic hydroxyl groups is 1. The second-order valence-electron chi connectivity index (χ2n) is 4.17. The van der Waals surface area contributed by atoms with Gasteiger partial charge in [0.15, 0.2) is 0 Å². The number of rotatable bonds is 5. The summed E-state index contributed by atoms with van der Waals surface area (Å²) in [5.74, 6) is 0. The zero-order valence-electron chi connectivity index (χ0n) is 10.6. The molecule has 0 aromatic carbocycles. The summed E-state index contributed by atoms with van der Waals surface area (Å²) in [6, 6.07) is 2.05. The molecule has 2 aromatic heterocycles. The molecule has 98 valence electrons. The normalized spacial score (nSPS) is 12.9. The van der Waals surface area contributed by atoms with E-state index in [0.717, 1.165) is 24.3 Å². The maximum absolute atomic E-state index is 10.5. The Kier molecular flexibility index (Phi) is 4.43. The molecule has 3 nitrogen and oxygen atoms in total. The third-order valence-corrected chi connectivity index (χ3v) is 4.24. The van der Waals surface area contributed by atoms with E-state index < -0.39 is 6.10 Å². The zero-order chi connectivity index (χ0) is 13.1. The molecule has 5 heteroatoms. The Morgan fingerprint density at radius 3 is 2.94 bits per heavy atom. The molecule has 0 amide bonds. The lowest BCUT2D eigenvalue weighted by molar-refractivity contribution is 0.210. The fourth-order valence-corrected chi connectivity index (χ4v) is 3.27. The number of hydrogen-bond acceptors (Lipinski definition) is 3. The molecule has 18 heavy (non-hydrogen) atoms. The van der Waals surface area contributed by atoms with Gasteiger partial charge in [0, 0.05) is 11.4 Å². The minimum Gasteiger partial charge on any atom is -0.381 e. The first-order chi connectivity index (χ1) is 8.69. The summed E-state index contributed by atoms with van der Waals surface area (Å²) in [5, 5.41) is 17.3. The highest BCUT2D eigenvalue weighted by Crippen LogP contribution is 2.33. The standard InChI is InChI=1S/C13H17ClN2OS/c1-3-6-16-11(10(14)8-15-16)12(17)13-9(4-2)5-7-18-13/h5,7-8,12,17H,3-4,6H2,1-2H3. The van der Waals surface area contributed by atoms with Crippen LogP contribution in [-0.4, -0.2) is 14.9 Å². The topological polar surface area (TPSA) is 38.0 Å². The van der Waals surface area contributed by atoms with Crippen LogP contribution < -0.4 is 0 Å². The van der Waals surface area contributed by atoms with E-state index in [1.54, 1.807) is 22.2 Å². The minimum absolute atomic E-state index is 0.534. The fourth-order valence-electron chi connectivity index (χ4n) is 2.04. The van der Waals surface area contributed by atoms with Gasteiger partial charge in [-0.25, -0.2) is 0 Å². The average molecular weight is 285 g/mol. The number of aromatic nitrogens is 2. The molecule has 0 bridgehead atoms. The molecule has 1 N–H and O–H groups in total. The number of halogens is 1. The van der Waals surface area contributed by atoms with Gasteiger partial charge in [0.1, 0.15) is 6.10 Å². The maximum atomic E-state index is 10.5. The average Bonchev–Trinajstić information content (AvgIpc) is 2.96. The molecule has 0 fully saturated rings. The Balaban J connectivity index is 2.39. The predicted molar refractivity (Wildman–Crippen MR) is 75.3 cm³/mol. The first-order valence-electron chi connectivity index (χ1n) is 6.14. The quantitative estimate of drug-likeness (QED) is 0.910. The van der Waals surface area contributed by atoms with Crippen LogP contribution in [0, 0.1) is 0 Å². The van der Waals surface area contributed by atoms with E-state index in [1.165, 1.54) is 5.56 Å². The molecule has 1 unspecified atom stereocenters. The first kappa shape index (κ1) is 13.6. The van der Waals surface area contributed by atoms with E-state index in [1.807, 2.05) is 5.38 Å². The smallest absolute Gasteiger partial charge is 0.132 e. The lowest BCUT2D eigenvalue weighted by Gasteiger charge is -2.14. The van der Waals surface area contributed by atoms with Crippen LogP contribution in [0.1, 0.15) is 42.5 Å². The summed E-state index contributed by atoms with van der Waals surface area (Å²) in [7, 11) is 0. The summed E-state index contributed by atoms with van der Waals surface area (Å²) >= 11 is 7.72. The Morgan fingerprint density at radius 2 is 2.28 bits per heavy atom. The van der Waals surface area contributed by atoms with E-state index >= 15 is 0 Å². The minimum atomic E-state index is -0.679. The molecule has 2 aromatic rings. The predicted octanol–water partition coefficient (Wildman–Crippen LogP) is 3.65. The van der Waals surface area contributed by atoms with E-state index in [9.17, 15) is 5.11 Å². The number of nitrogens with zero attached hydrogens (tertiary/aromatic N) is 2. The van der Waals surface area contributed by atoms with Gasteiger partial charge >= 0.3 is 0 Å². The summed E-state index contributed by atoms with van der Waals surface area (Å²) in [4.78, 5) is 0.970. The van der Waals surface area contributed by atoms with Crippen molar-refractivity contribution in [1.29, 1.82) is 0 Å². The molecule has 0 radical (unpaired) electrons. The highest BCUT2D eigenvalue weighted by atomic mass is 35.5. The monoisotopic (exact) mass is 284 g/mol. The maximum Gasteiger partial charge on any atom is 0.132 e. The Bertz CT molecular complexity index is 521. The van der Waals surface area contributed by atoms with Crippen LogP contribution in [0.2, 0.25) is 5.02 Å². The summed E-state index contributed by atoms with van der Waals surface area (Å²) < 4.78 is 1.80. The van der Waals surface area contributed by atoms with Crippen LogP contribution in [0.4, 0.5) is 0 Å². The van der Waals surface area contributed by atoms with Gasteiger partial charge in [-0.05, 0) is 29.9 Å². The number of aryl methyl sites for hydroxylation is 2. The Morgan fingerprint density at radius 1 is 1.50 bits per heavy atom. The van der Waals surface area contributed by atoms with E-state index in [4.69, 9.17) is 11.6 Å². The highest BCUT2D eigenvalue weighted by molar-refractivity contribution is 7.10. The van der Waals surface area contributed by atoms with Crippen LogP contribution in [0.25, 0.3) is 0 Å². The van der Waals surface area contributed by atoms with Crippen molar-refractivity contribution in [2.24, 2.45) is 0 Å². The van der Waals surface area contributed by atoms with Crippen molar-refractivity contribution in [3.63, 3.8) is 0 Å². The summed E-state index contributed by atoms with van der Waals surface area (Å²) in [5.41, 5.74) is 1.88. The molecular weight excluding hydrogens is 268 g/mol. The largest absolute Gasteiger partial charge is 0.381 e. The van der Waals surface area contributed by atoms with Crippen molar-refractivity contribution in [2.75, 3.05) is 0 Å².